The molecule has 0 saturated carbocycles. The van der Waals surface area contributed by atoms with Gasteiger partial charge in [0.2, 0.25) is 0 Å². The SMILES string of the molecule is CCOC(=O)c1c[nH]cc1[C@H](CC(C)C)NC(=O)OC(C)(C)C. The lowest BCUT2D eigenvalue weighted by atomic mass is 9.96. The van der Waals surface area contributed by atoms with Crippen molar-refractivity contribution in [3.8, 4) is 0 Å². The molecule has 2 N–H and O–H groups in total. The molecule has 1 aromatic rings. The van der Waals surface area contributed by atoms with Crippen LogP contribution in [-0.4, -0.2) is 29.3 Å². The summed E-state index contributed by atoms with van der Waals surface area (Å²) in [6.45, 7) is 11.6. The molecule has 0 aromatic carbocycles. The van der Waals surface area contributed by atoms with Crippen LogP contribution in [0.1, 0.15) is 69.9 Å². The number of aromatic amines is 1. The fourth-order valence-corrected chi connectivity index (χ4v) is 2.23. The van der Waals surface area contributed by atoms with E-state index in [1.807, 2.05) is 20.8 Å². The van der Waals surface area contributed by atoms with Crippen molar-refractivity contribution in [3.63, 3.8) is 0 Å². The Hall–Kier alpha value is -1.98. The molecule has 0 fully saturated rings. The smallest absolute Gasteiger partial charge is 0.408 e. The summed E-state index contributed by atoms with van der Waals surface area (Å²) >= 11 is 0. The zero-order chi connectivity index (χ0) is 17.6. The summed E-state index contributed by atoms with van der Waals surface area (Å²) in [5.74, 6) is -0.0663. The molecule has 0 aliphatic rings. The molecule has 1 aromatic heterocycles. The summed E-state index contributed by atoms with van der Waals surface area (Å²) in [4.78, 5) is 27.1. The second-order valence-electron chi connectivity index (χ2n) is 6.87. The van der Waals surface area contributed by atoms with Gasteiger partial charge < -0.3 is 19.8 Å². The Morgan fingerprint density at radius 2 is 1.91 bits per heavy atom. The van der Waals surface area contributed by atoms with E-state index >= 15 is 0 Å². The molecular formula is C17H28N2O4. The highest BCUT2D eigenvalue weighted by atomic mass is 16.6. The van der Waals surface area contributed by atoms with Gasteiger partial charge in [-0.1, -0.05) is 13.8 Å². The van der Waals surface area contributed by atoms with Gasteiger partial charge >= 0.3 is 12.1 Å². The van der Waals surface area contributed by atoms with Crippen LogP contribution in [0.4, 0.5) is 4.79 Å². The van der Waals surface area contributed by atoms with Gasteiger partial charge in [0.25, 0.3) is 0 Å². The molecule has 1 atom stereocenters. The van der Waals surface area contributed by atoms with Gasteiger partial charge in [-0.15, -0.1) is 0 Å². The maximum absolute atomic E-state index is 12.1. The third-order valence-corrected chi connectivity index (χ3v) is 3.05. The maximum Gasteiger partial charge on any atom is 0.408 e. The van der Waals surface area contributed by atoms with Crippen LogP contribution in [0.2, 0.25) is 0 Å². The molecular weight excluding hydrogens is 296 g/mol. The van der Waals surface area contributed by atoms with Crippen LogP contribution in [0.5, 0.6) is 0 Å². The minimum absolute atomic E-state index is 0.303. The molecule has 1 amide bonds. The van der Waals surface area contributed by atoms with E-state index in [-0.39, 0.29) is 6.04 Å². The van der Waals surface area contributed by atoms with Gasteiger partial charge in [0.1, 0.15) is 5.60 Å². The number of amides is 1. The average molecular weight is 324 g/mol. The molecule has 130 valence electrons. The molecule has 0 radical (unpaired) electrons. The second-order valence-corrected chi connectivity index (χ2v) is 6.87. The number of aromatic nitrogens is 1. The van der Waals surface area contributed by atoms with Crippen LogP contribution in [0, 0.1) is 5.92 Å². The van der Waals surface area contributed by atoms with Crippen LogP contribution in [0.15, 0.2) is 12.4 Å². The first-order valence-corrected chi connectivity index (χ1v) is 7.97. The highest BCUT2D eigenvalue weighted by Gasteiger charge is 2.25. The number of hydrogen-bond donors (Lipinski definition) is 2. The van der Waals surface area contributed by atoms with Gasteiger partial charge in [-0.25, -0.2) is 9.59 Å². The number of carbonyl (C=O) groups excluding carboxylic acids is 2. The Morgan fingerprint density at radius 3 is 2.43 bits per heavy atom. The zero-order valence-electron chi connectivity index (χ0n) is 14.9. The van der Waals surface area contributed by atoms with Crippen molar-refractivity contribution in [1.82, 2.24) is 10.3 Å². The van der Waals surface area contributed by atoms with Crippen molar-refractivity contribution >= 4 is 12.1 Å². The van der Waals surface area contributed by atoms with Crippen LogP contribution in [0.3, 0.4) is 0 Å². The predicted molar refractivity (Wildman–Crippen MR) is 88.3 cm³/mol. The Labute approximate surface area is 137 Å². The van der Waals surface area contributed by atoms with E-state index in [2.05, 4.69) is 24.1 Å². The summed E-state index contributed by atoms with van der Waals surface area (Å²) in [5, 5.41) is 2.86. The lowest BCUT2D eigenvalue weighted by Gasteiger charge is -2.25. The second kappa shape index (κ2) is 8.04. The van der Waals surface area contributed by atoms with Crippen LogP contribution in [0.25, 0.3) is 0 Å². The highest BCUT2D eigenvalue weighted by Crippen LogP contribution is 2.25. The summed E-state index contributed by atoms with van der Waals surface area (Å²) < 4.78 is 10.4. The Kier molecular flexibility index (Phi) is 6.66. The van der Waals surface area contributed by atoms with E-state index in [4.69, 9.17) is 9.47 Å². The fraction of sp³-hybridized carbons (Fsp3) is 0.647. The first kappa shape index (κ1) is 19.1. The predicted octanol–water partition coefficient (Wildman–Crippen LogP) is 3.80. The fourth-order valence-electron chi connectivity index (χ4n) is 2.23. The Bertz CT molecular complexity index is 529. The molecule has 0 bridgehead atoms. The maximum atomic E-state index is 12.1. The van der Waals surface area contributed by atoms with E-state index < -0.39 is 17.7 Å². The minimum atomic E-state index is -0.575. The van der Waals surface area contributed by atoms with E-state index in [9.17, 15) is 9.59 Å². The third kappa shape index (κ3) is 6.34. The number of alkyl carbamates (subject to hydrolysis) is 1. The quantitative estimate of drug-likeness (QED) is 0.780. The van der Waals surface area contributed by atoms with Crippen molar-refractivity contribution < 1.29 is 19.1 Å². The van der Waals surface area contributed by atoms with E-state index in [0.29, 0.717) is 30.1 Å². The molecule has 1 heterocycles. The van der Waals surface area contributed by atoms with Crippen molar-refractivity contribution in [2.75, 3.05) is 6.61 Å². The minimum Gasteiger partial charge on any atom is -0.462 e. The van der Waals surface area contributed by atoms with Crippen LogP contribution in [-0.2, 0) is 9.47 Å². The first-order chi connectivity index (χ1) is 10.6. The van der Waals surface area contributed by atoms with Gasteiger partial charge in [0.05, 0.1) is 18.2 Å². The molecule has 0 aliphatic heterocycles. The third-order valence-electron chi connectivity index (χ3n) is 3.05. The number of nitrogens with one attached hydrogen (secondary N) is 2. The van der Waals surface area contributed by atoms with Gasteiger partial charge in [-0.3, -0.25) is 0 Å². The molecule has 6 nitrogen and oxygen atoms in total. The number of H-pyrrole nitrogens is 1. The molecule has 0 spiro atoms. The number of esters is 1. The van der Waals surface area contributed by atoms with E-state index in [1.165, 1.54) is 0 Å². The molecule has 6 heteroatoms. The van der Waals surface area contributed by atoms with Crippen LogP contribution < -0.4 is 5.32 Å². The normalized spacial score (nSPS) is 12.8. The summed E-state index contributed by atoms with van der Waals surface area (Å²) in [6.07, 6.45) is 3.50. The summed E-state index contributed by atoms with van der Waals surface area (Å²) in [7, 11) is 0. The van der Waals surface area contributed by atoms with Gasteiger partial charge in [0, 0.05) is 18.0 Å². The van der Waals surface area contributed by atoms with Gasteiger partial charge in [-0.05, 0) is 40.0 Å². The topological polar surface area (TPSA) is 80.4 Å². The Balaban J connectivity index is 2.97. The van der Waals surface area contributed by atoms with Gasteiger partial charge in [-0.2, -0.15) is 0 Å². The molecule has 0 aliphatic carbocycles. The standard InChI is InChI=1S/C17H28N2O4/c1-7-22-15(20)13-10-18-9-12(13)14(8-11(2)3)19-16(21)23-17(4,5)6/h9-11,14,18H,7-8H2,1-6H3,(H,19,21)/t14-/m0/s1. The monoisotopic (exact) mass is 324 g/mol. The number of ether oxygens (including phenoxy) is 2. The molecule has 0 saturated heterocycles. The summed E-state index contributed by atoms with van der Waals surface area (Å²) in [5.41, 5.74) is 0.575. The number of hydrogen-bond acceptors (Lipinski definition) is 4. The van der Waals surface area contributed by atoms with Crippen molar-refractivity contribution in [3.05, 3.63) is 23.5 Å². The first-order valence-electron chi connectivity index (χ1n) is 7.97. The van der Waals surface area contributed by atoms with Crippen LogP contribution >= 0.6 is 0 Å². The average Bonchev–Trinajstić information content (AvgIpc) is 2.84. The van der Waals surface area contributed by atoms with Crippen molar-refractivity contribution in [2.45, 2.75) is 59.6 Å². The van der Waals surface area contributed by atoms with E-state index in [0.717, 1.165) is 0 Å². The van der Waals surface area contributed by atoms with Gasteiger partial charge in [0.15, 0.2) is 0 Å². The van der Waals surface area contributed by atoms with Crippen molar-refractivity contribution in [1.29, 1.82) is 0 Å². The summed E-state index contributed by atoms with van der Waals surface area (Å²) in [6, 6.07) is -0.324. The zero-order valence-corrected chi connectivity index (χ0v) is 14.9. The molecule has 23 heavy (non-hydrogen) atoms. The number of carbonyl (C=O) groups is 2. The highest BCUT2D eigenvalue weighted by molar-refractivity contribution is 5.91. The van der Waals surface area contributed by atoms with E-state index in [1.54, 1.807) is 19.3 Å². The Morgan fingerprint density at radius 1 is 1.26 bits per heavy atom. The van der Waals surface area contributed by atoms with Crippen molar-refractivity contribution in [2.24, 2.45) is 5.92 Å². The lowest BCUT2D eigenvalue weighted by Crippen LogP contribution is -2.35. The number of rotatable bonds is 6. The largest absolute Gasteiger partial charge is 0.462 e. The lowest BCUT2D eigenvalue weighted by molar-refractivity contribution is 0.0482. The molecule has 1 rings (SSSR count). The molecule has 0 unspecified atom stereocenters.